The third kappa shape index (κ3) is 3.58. The number of aliphatic hydroxyl groups excluding tert-OH is 1. The molecule has 0 aliphatic heterocycles. The van der Waals surface area contributed by atoms with Crippen molar-refractivity contribution in [1.82, 2.24) is 0 Å². The highest BCUT2D eigenvalue weighted by atomic mass is 16.3. The largest absolute Gasteiger partial charge is 0.393 e. The highest BCUT2D eigenvalue weighted by Crippen LogP contribution is 2.66. The van der Waals surface area contributed by atoms with Crippen molar-refractivity contribution < 1.29 is 5.11 Å². The summed E-state index contributed by atoms with van der Waals surface area (Å²) >= 11 is 0. The molecule has 4 rings (SSSR count). The Balaban J connectivity index is 1.54. The Hall–Kier alpha value is -0.560. The minimum absolute atomic E-state index is 0.0476. The summed E-state index contributed by atoms with van der Waals surface area (Å²) in [5, 5.41) is 10.2. The van der Waals surface area contributed by atoms with Gasteiger partial charge in [0.25, 0.3) is 0 Å². The van der Waals surface area contributed by atoms with Crippen molar-refractivity contribution in [2.24, 2.45) is 52.3 Å². The van der Waals surface area contributed by atoms with Crippen LogP contribution in [0.25, 0.3) is 0 Å². The van der Waals surface area contributed by atoms with E-state index in [1.807, 2.05) is 5.57 Å². The van der Waals surface area contributed by atoms with Gasteiger partial charge >= 0.3 is 0 Å². The second-order valence-corrected chi connectivity index (χ2v) is 12.3. The zero-order chi connectivity index (χ0) is 21.0. The third-order valence-corrected chi connectivity index (χ3v) is 10.5. The summed E-state index contributed by atoms with van der Waals surface area (Å²) in [5.41, 5.74) is 2.79. The lowest BCUT2D eigenvalue weighted by Gasteiger charge is -2.57. The number of hydrogen-bond acceptors (Lipinski definition) is 1. The van der Waals surface area contributed by atoms with E-state index in [-0.39, 0.29) is 6.10 Å². The number of allylic oxidation sites excluding steroid dienone is 4. The Labute approximate surface area is 180 Å². The van der Waals surface area contributed by atoms with Crippen LogP contribution in [0.1, 0.15) is 92.9 Å². The normalized spacial score (nSPS) is 46.8. The topological polar surface area (TPSA) is 20.2 Å². The van der Waals surface area contributed by atoms with Gasteiger partial charge in [-0.05, 0) is 104 Å². The van der Waals surface area contributed by atoms with Crippen molar-refractivity contribution in [2.75, 3.05) is 0 Å². The maximum atomic E-state index is 10.2. The minimum Gasteiger partial charge on any atom is -0.393 e. The van der Waals surface area contributed by atoms with Gasteiger partial charge in [0.1, 0.15) is 0 Å². The Morgan fingerprint density at radius 3 is 2.34 bits per heavy atom. The van der Waals surface area contributed by atoms with Crippen molar-refractivity contribution in [1.29, 1.82) is 0 Å². The highest BCUT2D eigenvalue weighted by Gasteiger charge is 2.57. The summed E-state index contributed by atoms with van der Waals surface area (Å²) in [6.07, 6.45) is 17.8. The first-order valence-corrected chi connectivity index (χ1v) is 12.7. The fourth-order valence-corrected chi connectivity index (χ4v) is 8.10. The molecule has 1 N–H and O–H groups in total. The van der Waals surface area contributed by atoms with E-state index in [1.165, 1.54) is 38.5 Å². The van der Waals surface area contributed by atoms with Crippen molar-refractivity contribution in [2.45, 2.75) is 99.0 Å². The summed E-state index contributed by atoms with van der Waals surface area (Å²) < 4.78 is 0. The monoisotopic (exact) mass is 398 g/mol. The van der Waals surface area contributed by atoms with Crippen LogP contribution in [0.15, 0.2) is 23.8 Å². The molecule has 4 aliphatic carbocycles. The van der Waals surface area contributed by atoms with Crippen molar-refractivity contribution in [3.05, 3.63) is 23.8 Å². The molecule has 0 aromatic heterocycles. The predicted octanol–water partition coefficient (Wildman–Crippen LogP) is 7.41. The maximum Gasteiger partial charge on any atom is 0.0543 e. The molecule has 0 aromatic rings. The molecule has 4 aliphatic rings. The van der Waals surface area contributed by atoms with Crippen LogP contribution < -0.4 is 0 Å². The van der Waals surface area contributed by atoms with Gasteiger partial charge in [0.15, 0.2) is 0 Å². The minimum atomic E-state index is -0.0476. The summed E-state index contributed by atoms with van der Waals surface area (Å²) in [4.78, 5) is 0. The Morgan fingerprint density at radius 1 is 0.931 bits per heavy atom. The molecule has 3 saturated carbocycles. The van der Waals surface area contributed by atoms with Gasteiger partial charge < -0.3 is 5.11 Å². The average Bonchev–Trinajstić information content (AvgIpc) is 3.03. The van der Waals surface area contributed by atoms with Crippen LogP contribution in [-0.2, 0) is 0 Å². The molecule has 164 valence electrons. The first-order valence-electron chi connectivity index (χ1n) is 12.7. The summed E-state index contributed by atoms with van der Waals surface area (Å²) in [6.45, 7) is 14.7. The van der Waals surface area contributed by atoms with Gasteiger partial charge in [0.2, 0.25) is 0 Å². The van der Waals surface area contributed by atoms with Crippen molar-refractivity contribution >= 4 is 0 Å². The molecule has 0 heterocycles. The SMILES string of the molecule is CC(C)[C@@H](C)C=C[C@H](C)[C@H]1CC[C@H]2C3=CC[C@H]4C[C@@H](O)CC[C@]4(C)[C@H]3CC[C@]12C. The van der Waals surface area contributed by atoms with E-state index in [0.717, 1.165) is 36.5 Å². The summed E-state index contributed by atoms with van der Waals surface area (Å²) in [7, 11) is 0. The average molecular weight is 399 g/mol. The van der Waals surface area contributed by atoms with E-state index in [9.17, 15) is 5.11 Å². The summed E-state index contributed by atoms with van der Waals surface area (Å²) in [5.74, 6) is 5.25. The lowest BCUT2D eigenvalue weighted by atomic mass is 9.47. The molecule has 1 nitrogen and oxygen atoms in total. The van der Waals surface area contributed by atoms with Gasteiger partial charge in [-0.25, -0.2) is 0 Å². The molecule has 0 spiro atoms. The van der Waals surface area contributed by atoms with E-state index in [0.29, 0.717) is 28.6 Å². The summed E-state index contributed by atoms with van der Waals surface area (Å²) in [6, 6.07) is 0. The predicted molar refractivity (Wildman–Crippen MR) is 124 cm³/mol. The van der Waals surface area contributed by atoms with E-state index in [4.69, 9.17) is 0 Å². The highest BCUT2D eigenvalue weighted by molar-refractivity contribution is 5.28. The number of rotatable bonds is 4. The molecular weight excluding hydrogens is 352 g/mol. The molecule has 0 aromatic carbocycles. The molecule has 0 amide bonds. The van der Waals surface area contributed by atoms with Gasteiger partial charge in [-0.1, -0.05) is 65.3 Å². The fourth-order valence-electron chi connectivity index (χ4n) is 8.10. The van der Waals surface area contributed by atoms with Crippen LogP contribution in [0.4, 0.5) is 0 Å². The van der Waals surface area contributed by atoms with Crippen LogP contribution in [0.3, 0.4) is 0 Å². The molecule has 0 bridgehead atoms. The lowest BCUT2D eigenvalue weighted by molar-refractivity contribution is -0.0414. The second kappa shape index (κ2) is 7.85. The van der Waals surface area contributed by atoms with E-state index in [1.54, 1.807) is 0 Å². The van der Waals surface area contributed by atoms with Gasteiger partial charge in [-0.2, -0.15) is 0 Å². The van der Waals surface area contributed by atoms with E-state index >= 15 is 0 Å². The first kappa shape index (κ1) is 21.7. The zero-order valence-electron chi connectivity index (χ0n) is 20.0. The number of fused-ring (bicyclic) bond motifs is 5. The van der Waals surface area contributed by atoms with Crippen molar-refractivity contribution in [3.63, 3.8) is 0 Å². The lowest BCUT2D eigenvalue weighted by Crippen LogP contribution is -2.49. The smallest absolute Gasteiger partial charge is 0.0543 e. The van der Waals surface area contributed by atoms with Gasteiger partial charge in [-0.3, -0.25) is 0 Å². The van der Waals surface area contributed by atoms with Crippen molar-refractivity contribution in [3.8, 4) is 0 Å². The van der Waals surface area contributed by atoms with E-state index < -0.39 is 0 Å². The molecular formula is C28H46O. The molecule has 29 heavy (non-hydrogen) atoms. The number of hydrogen-bond donors (Lipinski definition) is 1. The molecule has 0 unspecified atom stereocenters. The van der Waals surface area contributed by atoms with Crippen LogP contribution in [0.5, 0.6) is 0 Å². The van der Waals surface area contributed by atoms with Gasteiger partial charge in [0.05, 0.1) is 6.10 Å². The molecule has 0 radical (unpaired) electrons. The zero-order valence-corrected chi connectivity index (χ0v) is 20.0. The third-order valence-electron chi connectivity index (χ3n) is 10.5. The number of aliphatic hydroxyl groups is 1. The van der Waals surface area contributed by atoms with Crippen LogP contribution >= 0.6 is 0 Å². The first-order chi connectivity index (χ1) is 13.7. The fraction of sp³-hybridized carbons (Fsp3) is 0.857. The van der Waals surface area contributed by atoms with Crippen LogP contribution in [0.2, 0.25) is 0 Å². The van der Waals surface area contributed by atoms with Gasteiger partial charge in [-0.15, -0.1) is 0 Å². The molecule has 3 fully saturated rings. The van der Waals surface area contributed by atoms with Crippen LogP contribution in [-0.4, -0.2) is 11.2 Å². The van der Waals surface area contributed by atoms with Crippen LogP contribution in [0, 0.1) is 52.3 Å². The standard InChI is InChI=1S/C28H46O/c1-18(2)19(3)7-8-20(4)24-11-12-25-23-10-9-21-17-22(29)13-15-27(21,5)26(23)14-16-28(24,25)6/h7-8,10,18-22,24-26,29H,9,11-17H2,1-6H3/t19-,20-,21-,22-,24+,25-,26-,27-,28+/m0/s1. The molecule has 0 saturated heterocycles. The Kier molecular flexibility index (Phi) is 5.86. The second-order valence-electron chi connectivity index (χ2n) is 12.3. The quantitative estimate of drug-likeness (QED) is 0.489. The molecule has 1 heteroatoms. The van der Waals surface area contributed by atoms with E-state index in [2.05, 4.69) is 59.8 Å². The van der Waals surface area contributed by atoms with Gasteiger partial charge in [0, 0.05) is 0 Å². The molecule has 9 atom stereocenters. The Morgan fingerprint density at radius 2 is 1.62 bits per heavy atom. The Bertz CT molecular complexity index is 659. The maximum absolute atomic E-state index is 10.2.